The van der Waals surface area contributed by atoms with Crippen LogP contribution in [0.5, 0.6) is 5.75 Å². The van der Waals surface area contributed by atoms with Gasteiger partial charge < -0.3 is 19.8 Å². The molecule has 1 aliphatic heterocycles. The van der Waals surface area contributed by atoms with E-state index in [0.717, 1.165) is 29.1 Å². The molecular formula is C29H32ClN3O3. The molecule has 1 heterocycles. The minimum atomic E-state index is -1.11. The number of nitriles is 1. The molecule has 6 nitrogen and oxygen atoms in total. The van der Waals surface area contributed by atoms with Crippen LogP contribution >= 0.6 is 11.6 Å². The Labute approximate surface area is 217 Å². The fraction of sp³-hybridized carbons (Fsp3) is 0.345. The Bertz CT molecular complexity index is 1190. The molecule has 3 aromatic carbocycles. The molecule has 4 rings (SSSR count). The van der Waals surface area contributed by atoms with Crippen LogP contribution in [0.25, 0.3) is 0 Å². The Hall–Kier alpha value is -3.08. The van der Waals surface area contributed by atoms with E-state index in [0.29, 0.717) is 23.7 Å². The molecule has 1 saturated heterocycles. The summed E-state index contributed by atoms with van der Waals surface area (Å²) in [6, 6.07) is 25.4. The molecule has 0 amide bonds. The summed E-state index contributed by atoms with van der Waals surface area (Å²) in [5, 5.41) is 30.4. The van der Waals surface area contributed by atoms with E-state index in [-0.39, 0.29) is 25.3 Å². The predicted octanol–water partition coefficient (Wildman–Crippen LogP) is 4.74. The minimum absolute atomic E-state index is 0.0238. The van der Waals surface area contributed by atoms with Gasteiger partial charge in [0, 0.05) is 36.4 Å². The summed E-state index contributed by atoms with van der Waals surface area (Å²) in [6.07, 6.45) is 0. The van der Waals surface area contributed by atoms with Gasteiger partial charge in [0.2, 0.25) is 0 Å². The third kappa shape index (κ3) is 6.00. The molecule has 3 aromatic rings. The Morgan fingerprint density at radius 2 is 1.81 bits per heavy atom. The number of hydrogen-bond donors (Lipinski definition) is 2. The number of aliphatic hydroxyl groups is 2. The Morgan fingerprint density at radius 3 is 2.47 bits per heavy atom. The molecule has 0 radical (unpaired) electrons. The number of ether oxygens (including phenoxy) is 1. The van der Waals surface area contributed by atoms with Crippen LogP contribution in [0.15, 0.2) is 72.8 Å². The summed E-state index contributed by atoms with van der Waals surface area (Å²) in [4.78, 5) is 4.69. The van der Waals surface area contributed by atoms with Crippen molar-refractivity contribution in [3.63, 3.8) is 0 Å². The predicted molar refractivity (Wildman–Crippen MR) is 142 cm³/mol. The summed E-state index contributed by atoms with van der Waals surface area (Å²) in [7, 11) is 0. The van der Waals surface area contributed by atoms with Gasteiger partial charge in [-0.15, -0.1) is 0 Å². The molecule has 0 aromatic heterocycles. The molecule has 1 fully saturated rings. The Kier molecular flexibility index (Phi) is 8.17. The van der Waals surface area contributed by atoms with Crippen molar-refractivity contribution < 1.29 is 14.9 Å². The zero-order chi connectivity index (χ0) is 25.7. The van der Waals surface area contributed by atoms with Gasteiger partial charge in [-0.2, -0.15) is 5.26 Å². The van der Waals surface area contributed by atoms with Crippen molar-refractivity contribution in [3.05, 3.63) is 94.5 Å². The van der Waals surface area contributed by atoms with Crippen molar-refractivity contribution in [1.29, 1.82) is 5.26 Å². The normalized spacial score (nSPS) is 19.9. The third-order valence-corrected chi connectivity index (χ3v) is 6.91. The van der Waals surface area contributed by atoms with Crippen molar-refractivity contribution in [2.24, 2.45) is 0 Å². The average molecular weight is 506 g/mol. The number of aliphatic hydroxyl groups excluding tert-OH is 1. The van der Waals surface area contributed by atoms with Gasteiger partial charge in [-0.05, 0) is 73.5 Å². The SMILES string of the molecule is CC1CN(C[C@@](C)(O)c2cccc(C#N)c2)C[C@@H](c2ccc(Cl)cc2)N1c1ccc(OCCO)cc1. The second kappa shape index (κ2) is 11.3. The molecule has 1 unspecified atom stereocenters. The molecular weight excluding hydrogens is 474 g/mol. The van der Waals surface area contributed by atoms with Gasteiger partial charge in [-0.1, -0.05) is 35.9 Å². The molecule has 2 N–H and O–H groups in total. The van der Waals surface area contributed by atoms with E-state index in [1.54, 1.807) is 12.1 Å². The number of rotatable bonds is 8. The first-order valence-corrected chi connectivity index (χ1v) is 12.5. The first-order chi connectivity index (χ1) is 17.3. The molecule has 188 valence electrons. The number of anilines is 1. The number of piperazine rings is 1. The van der Waals surface area contributed by atoms with Crippen molar-refractivity contribution in [2.75, 3.05) is 37.7 Å². The average Bonchev–Trinajstić information content (AvgIpc) is 2.88. The maximum atomic E-state index is 11.4. The van der Waals surface area contributed by atoms with E-state index in [1.807, 2.05) is 55.5 Å². The standard InChI is InChI=1S/C29H32ClN3O3/c1-21-18-32(20-29(2,35)24-5-3-4-22(16-24)17-31)19-28(23-6-8-25(30)9-7-23)33(21)26-10-12-27(13-11-26)36-15-14-34/h3-13,16,21,28,34-35H,14-15,18-20H2,1-2H3/t21?,28-,29+/m0/s1. The van der Waals surface area contributed by atoms with Crippen molar-refractivity contribution in [3.8, 4) is 11.8 Å². The van der Waals surface area contributed by atoms with E-state index in [1.165, 1.54) is 0 Å². The van der Waals surface area contributed by atoms with Gasteiger partial charge in [0.15, 0.2) is 0 Å². The van der Waals surface area contributed by atoms with E-state index >= 15 is 0 Å². The lowest BCUT2D eigenvalue weighted by molar-refractivity contribution is 0.00635. The van der Waals surface area contributed by atoms with Crippen LogP contribution in [0.1, 0.15) is 36.6 Å². The fourth-order valence-electron chi connectivity index (χ4n) is 5.02. The number of β-amino-alcohol motifs (C(OH)–C–C–N with tert-alkyl or cyclic N) is 1. The zero-order valence-corrected chi connectivity index (χ0v) is 21.4. The molecule has 3 atom stereocenters. The molecule has 0 bridgehead atoms. The number of benzene rings is 3. The van der Waals surface area contributed by atoms with Crippen LogP contribution in [0.4, 0.5) is 5.69 Å². The molecule has 7 heteroatoms. The highest BCUT2D eigenvalue weighted by Gasteiger charge is 2.36. The monoisotopic (exact) mass is 505 g/mol. The van der Waals surface area contributed by atoms with Gasteiger partial charge in [-0.25, -0.2) is 0 Å². The lowest BCUT2D eigenvalue weighted by atomic mass is 9.92. The maximum absolute atomic E-state index is 11.4. The molecule has 36 heavy (non-hydrogen) atoms. The highest BCUT2D eigenvalue weighted by molar-refractivity contribution is 6.30. The summed E-state index contributed by atoms with van der Waals surface area (Å²) in [6.45, 7) is 6.16. The number of hydrogen-bond acceptors (Lipinski definition) is 6. The minimum Gasteiger partial charge on any atom is -0.491 e. The fourth-order valence-corrected chi connectivity index (χ4v) is 5.14. The highest BCUT2D eigenvalue weighted by atomic mass is 35.5. The van der Waals surface area contributed by atoms with Crippen LogP contribution < -0.4 is 9.64 Å². The summed E-state index contributed by atoms with van der Waals surface area (Å²) >= 11 is 6.19. The van der Waals surface area contributed by atoms with E-state index < -0.39 is 5.60 Å². The second-order valence-corrected chi connectivity index (χ2v) is 9.99. The Balaban J connectivity index is 1.61. The van der Waals surface area contributed by atoms with Crippen LogP contribution in [0.3, 0.4) is 0 Å². The van der Waals surface area contributed by atoms with Gasteiger partial charge in [-0.3, -0.25) is 4.90 Å². The summed E-state index contributed by atoms with van der Waals surface area (Å²) < 4.78 is 5.54. The highest BCUT2D eigenvalue weighted by Crippen LogP contribution is 2.36. The smallest absolute Gasteiger partial charge is 0.119 e. The number of halogens is 1. The molecule has 0 aliphatic carbocycles. The van der Waals surface area contributed by atoms with Crippen LogP contribution in [0, 0.1) is 11.3 Å². The molecule has 0 spiro atoms. The van der Waals surface area contributed by atoms with Crippen molar-refractivity contribution in [1.82, 2.24) is 4.90 Å². The van der Waals surface area contributed by atoms with E-state index in [2.05, 4.69) is 34.9 Å². The molecule has 1 aliphatic rings. The molecule has 0 saturated carbocycles. The van der Waals surface area contributed by atoms with Crippen LogP contribution in [-0.2, 0) is 5.60 Å². The van der Waals surface area contributed by atoms with Gasteiger partial charge in [0.25, 0.3) is 0 Å². The maximum Gasteiger partial charge on any atom is 0.119 e. The van der Waals surface area contributed by atoms with Crippen LogP contribution in [-0.4, -0.2) is 54.0 Å². The van der Waals surface area contributed by atoms with Crippen molar-refractivity contribution in [2.45, 2.75) is 31.5 Å². The lowest BCUT2D eigenvalue weighted by Crippen LogP contribution is -2.56. The summed E-state index contributed by atoms with van der Waals surface area (Å²) in [5.41, 5.74) is 2.38. The topological polar surface area (TPSA) is 80.0 Å². The third-order valence-electron chi connectivity index (χ3n) is 6.66. The van der Waals surface area contributed by atoms with Crippen LogP contribution in [0.2, 0.25) is 5.02 Å². The van der Waals surface area contributed by atoms with Gasteiger partial charge in [0.1, 0.15) is 12.4 Å². The Morgan fingerprint density at radius 1 is 1.08 bits per heavy atom. The van der Waals surface area contributed by atoms with Crippen molar-refractivity contribution >= 4 is 17.3 Å². The van der Waals surface area contributed by atoms with E-state index in [9.17, 15) is 10.4 Å². The quantitative estimate of drug-likeness (QED) is 0.460. The summed E-state index contributed by atoms with van der Waals surface area (Å²) in [5.74, 6) is 0.720. The first kappa shape index (κ1) is 26.0. The zero-order valence-electron chi connectivity index (χ0n) is 20.6. The van der Waals surface area contributed by atoms with Gasteiger partial charge in [0.05, 0.1) is 29.9 Å². The second-order valence-electron chi connectivity index (χ2n) is 9.55. The first-order valence-electron chi connectivity index (χ1n) is 12.1. The van der Waals surface area contributed by atoms with E-state index in [4.69, 9.17) is 21.4 Å². The number of nitrogens with zero attached hydrogens (tertiary/aromatic N) is 3. The van der Waals surface area contributed by atoms with Gasteiger partial charge >= 0.3 is 0 Å². The largest absolute Gasteiger partial charge is 0.491 e. The lowest BCUT2D eigenvalue weighted by Gasteiger charge is -2.48.